The molecule has 0 aromatic heterocycles. The van der Waals surface area contributed by atoms with E-state index >= 15 is 0 Å². The van der Waals surface area contributed by atoms with Gasteiger partial charge >= 0.3 is 0 Å². The lowest BCUT2D eigenvalue weighted by atomic mass is 10.2. The van der Waals surface area contributed by atoms with Gasteiger partial charge in [-0.3, -0.25) is 14.5 Å². The second-order valence-electron chi connectivity index (χ2n) is 5.73. The molecule has 1 fully saturated rings. The van der Waals surface area contributed by atoms with Gasteiger partial charge in [-0.2, -0.15) is 0 Å². The average Bonchev–Trinajstić information content (AvgIpc) is 2.96. The Bertz CT molecular complexity index is 897. The van der Waals surface area contributed by atoms with Crippen molar-refractivity contribution in [1.82, 2.24) is 10.2 Å². The number of ether oxygens (including phenoxy) is 1. The van der Waals surface area contributed by atoms with Gasteiger partial charge < -0.3 is 10.1 Å². The van der Waals surface area contributed by atoms with E-state index in [2.05, 4.69) is 5.32 Å². The van der Waals surface area contributed by atoms with Gasteiger partial charge in [0.1, 0.15) is 10.1 Å². The topological polar surface area (TPSA) is 58.6 Å². The lowest BCUT2D eigenvalue weighted by Gasteiger charge is -2.14. The second-order valence-corrected chi connectivity index (χ2v) is 7.41. The third-order valence-corrected chi connectivity index (χ3v) is 5.30. The van der Waals surface area contributed by atoms with Gasteiger partial charge in [-0.05, 0) is 35.9 Å². The van der Waals surface area contributed by atoms with Crippen molar-refractivity contribution in [1.29, 1.82) is 0 Å². The zero-order valence-corrected chi connectivity index (χ0v) is 16.3. The highest BCUT2D eigenvalue weighted by molar-refractivity contribution is 8.26. The zero-order chi connectivity index (χ0) is 19.2. The Morgan fingerprint density at radius 3 is 2.74 bits per heavy atom. The van der Waals surface area contributed by atoms with E-state index in [4.69, 9.17) is 17.0 Å². The Labute approximate surface area is 167 Å². The molecule has 1 saturated heterocycles. The Hall–Kier alpha value is -2.64. The van der Waals surface area contributed by atoms with Crippen molar-refractivity contribution in [2.75, 3.05) is 20.2 Å². The lowest BCUT2D eigenvalue weighted by molar-refractivity contribution is -0.122. The van der Waals surface area contributed by atoms with Crippen molar-refractivity contribution in [3.05, 3.63) is 70.6 Å². The van der Waals surface area contributed by atoms with E-state index in [-0.39, 0.29) is 11.8 Å². The fraction of sp³-hybridized carbons (Fsp3) is 0.150. The van der Waals surface area contributed by atoms with Crippen molar-refractivity contribution in [2.24, 2.45) is 0 Å². The summed E-state index contributed by atoms with van der Waals surface area (Å²) in [6, 6.07) is 16.4. The Balaban J connectivity index is 1.60. The van der Waals surface area contributed by atoms with Crippen LogP contribution in [-0.2, 0) is 4.79 Å². The molecule has 0 bridgehead atoms. The van der Waals surface area contributed by atoms with Crippen molar-refractivity contribution in [2.45, 2.75) is 0 Å². The molecule has 1 N–H and O–H groups in total. The number of rotatable bonds is 6. The molecule has 0 saturated carbocycles. The van der Waals surface area contributed by atoms with Gasteiger partial charge in [-0.15, -0.1) is 0 Å². The number of thioether (sulfide) groups is 1. The summed E-state index contributed by atoms with van der Waals surface area (Å²) in [4.78, 5) is 26.8. The van der Waals surface area contributed by atoms with Crippen LogP contribution in [0.5, 0.6) is 5.75 Å². The Morgan fingerprint density at radius 1 is 1.22 bits per heavy atom. The summed E-state index contributed by atoms with van der Waals surface area (Å²) in [6.07, 6.45) is 1.80. The predicted octanol–water partition coefficient (Wildman–Crippen LogP) is 3.33. The summed E-state index contributed by atoms with van der Waals surface area (Å²) in [7, 11) is 1.60. The van der Waals surface area contributed by atoms with Crippen molar-refractivity contribution in [3.8, 4) is 5.75 Å². The zero-order valence-electron chi connectivity index (χ0n) is 14.7. The number of hydrogen-bond acceptors (Lipinski definition) is 5. The minimum atomic E-state index is -0.173. The monoisotopic (exact) mass is 398 g/mol. The molecule has 1 aliphatic heterocycles. The van der Waals surface area contributed by atoms with Gasteiger partial charge in [0.05, 0.1) is 12.0 Å². The molecule has 0 radical (unpaired) electrons. The first-order chi connectivity index (χ1) is 13.1. The van der Waals surface area contributed by atoms with Crippen LogP contribution in [0.3, 0.4) is 0 Å². The summed E-state index contributed by atoms with van der Waals surface area (Å²) in [5.74, 6) is 0.401. The van der Waals surface area contributed by atoms with E-state index in [1.165, 1.54) is 16.7 Å². The summed E-state index contributed by atoms with van der Waals surface area (Å²) in [6.45, 7) is 0.658. The quantitative estimate of drug-likeness (QED) is 0.598. The largest absolute Gasteiger partial charge is 0.497 e. The van der Waals surface area contributed by atoms with Crippen LogP contribution < -0.4 is 10.1 Å². The summed E-state index contributed by atoms with van der Waals surface area (Å²) >= 11 is 6.58. The SMILES string of the molecule is COc1cccc(/C=C2/SC(=S)N(CCNC(=O)c3ccccc3)C2=O)c1. The highest BCUT2D eigenvalue weighted by atomic mass is 32.2. The second kappa shape index (κ2) is 8.83. The first-order valence-electron chi connectivity index (χ1n) is 8.31. The number of thiocarbonyl (C=S) groups is 1. The third-order valence-electron chi connectivity index (χ3n) is 3.92. The molecule has 2 aromatic carbocycles. The first-order valence-corrected chi connectivity index (χ1v) is 9.53. The van der Waals surface area contributed by atoms with Crippen LogP contribution in [0.4, 0.5) is 0 Å². The van der Waals surface area contributed by atoms with Crippen molar-refractivity contribution < 1.29 is 14.3 Å². The summed E-state index contributed by atoms with van der Waals surface area (Å²) in [5, 5.41) is 2.81. The smallest absolute Gasteiger partial charge is 0.266 e. The standard InChI is InChI=1S/C20H18N2O3S2/c1-25-16-9-5-6-14(12-16)13-17-19(24)22(20(26)27-17)11-10-21-18(23)15-7-3-2-4-8-15/h2-9,12-13H,10-11H2,1H3,(H,21,23)/b17-13+. The Kier molecular flexibility index (Phi) is 6.26. The molecule has 2 aromatic rings. The number of carbonyl (C=O) groups excluding carboxylic acids is 2. The van der Waals surface area contributed by atoms with E-state index in [0.717, 1.165) is 11.3 Å². The molecular formula is C20H18N2O3S2. The molecule has 3 rings (SSSR count). The predicted molar refractivity (Wildman–Crippen MR) is 112 cm³/mol. The molecule has 0 unspecified atom stereocenters. The number of amides is 2. The summed E-state index contributed by atoms with van der Waals surface area (Å²) < 4.78 is 5.69. The van der Waals surface area contributed by atoms with Gasteiger partial charge in [-0.1, -0.05) is 54.3 Å². The van der Waals surface area contributed by atoms with Crippen LogP contribution >= 0.6 is 24.0 Å². The maximum atomic E-state index is 12.6. The van der Waals surface area contributed by atoms with Crippen molar-refractivity contribution >= 4 is 46.2 Å². The lowest BCUT2D eigenvalue weighted by Crippen LogP contribution is -2.37. The van der Waals surface area contributed by atoms with Crippen LogP contribution in [0.2, 0.25) is 0 Å². The van der Waals surface area contributed by atoms with Gasteiger partial charge in [-0.25, -0.2) is 0 Å². The van der Waals surface area contributed by atoms with E-state index in [1.54, 1.807) is 37.5 Å². The van der Waals surface area contributed by atoms with E-state index < -0.39 is 0 Å². The van der Waals surface area contributed by atoms with E-state index in [0.29, 0.717) is 27.9 Å². The maximum Gasteiger partial charge on any atom is 0.266 e. The Morgan fingerprint density at radius 2 is 2.00 bits per heavy atom. The minimum Gasteiger partial charge on any atom is -0.497 e. The minimum absolute atomic E-state index is 0.151. The normalized spacial score (nSPS) is 15.3. The molecule has 0 aliphatic carbocycles. The summed E-state index contributed by atoms with van der Waals surface area (Å²) in [5.41, 5.74) is 1.45. The molecular weight excluding hydrogens is 380 g/mol. The van der Waals surface area contributed by atoms with Gasteiger partial charge in [0, 0.05) is 18.7 Å². The molecule has 2 amide bonds. The first kappa shape index (κ1) is 19.1. The number of benzene rings is 2. The van der Waals surface area contributed by atoms with Crippen LogP contribution in [0, 0.1) is 0 Å². The molecule has 5 nitrogen and oxygen atoms in total. The van der Waals surface area contributed by atoms with Gasteiger partial charge in [0.15, 0.2) is 0 Å². The number of carbonyl (C=O) groups is 2. The molecule has 0 atom stereocenters. The number of nitrogens with one attached hydrogen (secondary N) is 1. The number of methoxy groups -OCH3 is 1. The van der Waals surface area contributed by atoms with Gasteiger partial charge in [0.25, 0.3) is 11.8 Å². The number of nitrogens with zero attached hydrogens (tertiary/aromatic N) is 1. The third kappa shape index (κ3) is 4.75. The molecule has 138 valence electrons. The van der Waals surface area contributed by atoms with E-state index in [9.17, 15) is 9.59 Å². The van der Waals surface area contributed by atoms with E-state index in [1.807, 2.05) is 30.3 Å². The maximum absolute atomic E-state index is 12.6. The fourth-order valence-corrected chi connectivity index (χ4v) is 3.86. The molecule has 1 heterocycles. The molecule has 27 heavy (non-hydrogen) atoms. The van der Waals surface area contributed by atoms with Gasteiger partial charge in [0.2, 0.25) is 0 Å². The molecule has 0 spiro atoms. The van der Waals surface area contributed by atoms with Crippen LogP contribution in [-0.4, -0.2) is 41.2 Å². The molecule has 1 aliphatic rings. The fourth-order valence-electron chi connectivity index (χ4n) is 2.55. The van der Waals surface area contributed by atoms with Crippen LogP contribution in [0.15, 0.2) is 59.5 Å². The number of hydrogen-bond donors (Lipinski definition) is 1. The highest BCUT2D eigenvalue weighted by Crippen LogP contribution is 2.32. The highest BCUT2D eigenvalue weighted by Gasteiger charge is 2.31. The average molecular weight is 399 g/mol. The molecule has 7 heteroatoms. The van der Waals surface area contributed by atoms with Crippen LogP contribution in [0.1, 0.15) is 15.9 Å². The van der Waals surface area contributed by atoms with Crippen molar-refractivity contribution in [3.63, 3.8) is 0 Å². The van der Waals surface area contributed by atoms with Crippen LogP contribution in [0.25, 0.3) is 6.08 Å².